The molecule has 0 atom stereocenters. The summed E-state index contributed by atoms with van der Waals surface area (Å²) >= 11 is 0. The van der Waals surface area contributed by atoms with E-state index in [1.807, 2.05) is 0 Å². The maximum atomic E-state index is 12.0. The van der Waals surface area contributed by atoms with Crippen LogP contribution < -0.4 is 4.72 Å². The largest absolute Gasteiger partial charge is 0.279 e. The molecule has 0 aromatic heterocycles. The highest BCUT2D eigenvalue weighted by molar-refractivity contribution is 7.87. The molecule has 2 aliphatic rings. The molecule has 2 rings (SSSR count). The Kier molecular flexibility index (Phi) is 5.45. The number of piperidine rings is 1. The molecule has 1 aliphatic heterocycles. The van der Waals surface area contributed by atoms with E-state index in [0.29, 0.717) is 19.6 Å². The lowest BCUT2D eigenvalue weighted by atomic mass is 10.0. The number of rotatable bonds is 6. The molecule has 5 heteroatoms. The zero-order chi connectivity index (χ0) is 12.8. The van der Waals surface area contributed by atoms with Crippen LogP contribution in [0, 0.1) is 5.92 Å². The van der Waals surface area contributed by atoms with Crippen LogP contribution in [0.15, 0.2) is 0 Å². The summed E-state index contributed by atoms with van der Waals surface area (Å²) in [6.45, 7) is 1.99. The van der Waals surface area contributed by atoms with Crippen molar-refractivity contribution in [1.29, 1.82) is 0 Å². The Morgan fingerprint density at radius 2 is 1.67 bits per heavy atom. The topological polar surface area (TPSA) is 49.4 Å². The maximum absolute atomic E-state index is 12.0. The van der Waals surface area contributed by atoms with Crippen molar-refractivity contribution in [2.75, 3.05) is 19.6 Å². The molecule has 18 heavy (non-hydrogen) atoms. The smallest absolute Gasteiger partial charge is 0.202 e. The first-order valence-electron chi connectivity index (χ1n) is 7.43. The van der Waals surface area contributed by atoms with Crippen molar-refractivity contribution in [1.82, 2.24) is 9.03 Å². The van der Waals surface area contributed by atoms with Gasteiger partial charge in [-0.3, -0.25) is 0 Å². The minimum Gasteiger partial charge on any atom is -0.202 e. The second-order valence-corrected chi connectivity index (χ2v) is 7.41. The molecular formula is C13H26N2O2S. The van der Waals surface area contributed by atoms with E-state index in [4.69, 9.17) is 0 Å². The zero-order valence-corrected chi connectivity index (χ0v) is 12.1. The fourth-order valence-corrected chi connectivity index (χ4v) is 4.41. The molecule has 1 saturated carbocycles. The minimum atomic E-state index is -3.20. The fourth-order valence-electron chi connectivity index (χ4n) is 3.09. The molecule has 1 N–H and O–H groups in total. The Hall–Kier alpha value is -0.130. The standard InChI is InChI=1S/C13H26N2O2S/c16-18(17,15-11-4-1-5-12-15)14-10-6-9-13-7-2-3-8-13/h13-14H,1-12H2. The van der Waals surface area contributed by atoms with Gasteiger partial charge in [0, 0.05) is 19.6 Å². The first kappa shape index (κ1) is 14.3. The maximum Gasteiger partial charge on any atom is 0.279 e. The van der Waals surface area contributed by atoms with Gasteiger partial charge in [0.1, 0.15) is 0 Å². The van der Waals surface area contributed by atoms with Crippen LogP contribution in [-0.4, -0.2) is 32.4 Å². The average molecular weight is 274 g/mol. The molecule has 0 bridgehead atoms. The summed E-state index contributed by atoms with van der Waals surface area (Å²) in [6, 6.07) is 0. The van der Waals surface area contributed by atoms with Crippen LogP contribution in [0.4, 0.5) is 0 Å². The lowest BCUT2D eigenvalue weighted by Gasteiger charge is -2.26. The summed E-state index contributed by atoms with van der Waals surface area (Å²) < 4.78 is 28.3. The van der Waals surface area contributed by atoms with E-state index in [9.17, 15) is 8.42 Å². The summed E-state index contributed by atoms with van der Waals surface area (Å²) in [4.78, 5) is 0. The third-order valence-corrected chi connectivity index (χ3v) is 5.82. The molecule has 0 spiro atoms. The Morgan fingerprint density at radius 1 is 1.00 bits per heavy atom. The second kappa shape index (κ2) is 6.87. The normalized spacial score (nSPS) is 23.6. The Morgan fingerprint density at radius 3 is 2.33 bits per heavy atom. The van der Waals surface area contributed by atoms with Gasteiger partial charge in [0.05, 0.1) is 0 Å². The summed E-state index contributed by atoms with van der Waals surface area (Å²) in [5.41, 5.74) is 0. The van der Waals surface area contributed by atoms with E-state index < -0.39 is 10.2 Å². The van der Waals surface area contributed by atoms with E-state index in [2.05, 4.69) is 4.72 Å². The Balaban J connectivity index is 1.64. The molecule has 1 heterocycles. The van der Waals surface area contributed by atoms with Gasteiger partial charge in [-0.1, -0.05) is 32.1 Å². The highest BCUT2D eigenvalue weighted by Crippen LogP contribution is 2.28. The van der Waals surface area contributed by atoms with Crippen molar-refractivity contribution in [2.45, 2.75) is 57.8 Å². The van der Waals surface area contributed by atoms with Gasteiger partial charge < -0.3 is 0 Å². The molecule has 2 fully saturated rings. The summed E-state index contributed by atoms with van der Waals surface area (Å²) in [7, 11) is -3.20. The third kappa shape index (κ3) is 4.21. The van der Waals surface area contributed by atoms with Crippen LogP contribution in [0.2, 0.25) is 0 Å². The molecule has 0 unspecified atom stereocenters. The van der Waals surface area contributed by atoms with Gasteiger partial charge in [-0.05, 0) is 31.6 Å². The van der Waals surface area contributed by atoms with Gasteiger partial charge in [-0.25, -0.2) is 4.72 Å². The predicted molar refractivity (Wildman–Crippen MR) is 73.5 cm³/mol. The van der Waals surface area contributed by atoms with Gasteiger partial charge in [0.15, 0.2) is 0 Å². The minimum absolute atomic E-state index is 0.606. The van der Waals surface area contributed by atoms with Gasteiger partial charge >= 0.3 is 0 Å². The monoisotopic (exact) mass is 274 g/mol. The molecule has 106 valence electrons. The van der Waals surface area contributed by atoms with Gasteiger partial charge in [-0.2, -0.15) is 12.7 Å². The van der Waals surface area contributed by atoms with Crippen LogP contribution in [0.1, 0.15) is 57.8 Å². The zero-order valence-electron chi connectivity index (χ0n) is 11.2. The summed E-state index contributed by atoms with van der Waals surface area (Å²) in [5.74, 6) is 0.851. The Labute approximate surface area is 111 Å². The first-order valence-corrected chi connectivity index (χ1v) is 8.87. The molecule has 0 radical (unpaired) electrons. The van der Waals surface area contributed by atoms with Crippen molar-refractivity contribution in [3.8, 4) is 0 Å². The third-order valence-electron chi connectivity index (χ3n) is 4.20. The number of hydrogen-bond donors (Lipinski definition) is 1. The van der Waals surface area contributed by atoms with Crippen LogP contribution in [-0.2, 0) is 10.2 Å². The predicted octanol–water partition coefficient (Wildman–Crippen LogP) is 2.28. The van der Waals surface area contributed by atoms with E-state index in [1.54, 1.807) is 4.31 Å². The number of hydrogen-bond acceptors (Lipinski definition) is 2. The van der Waals surface area contributed by atoms with Crippen LogP contribution in [0.3, 0.4) is 0 Å². The highest BCUT2D eigenvalue weighted by Gasteiger charge is 2.23. The van der Waals surface area contributed by atoms with Crippen molar-refractivity contribution >= 4 is 10.2 Å². The van der Waals surface area contributed by atoms with Crippen LogP contribution >= 0.6 is 0 Å². The summed E-state index contributed by atoms with van der Waals surface area (Å²) in [5, 5.41) is 0. The molecular weight excluding hydrogens is 248 g/mol. The lowest BCUT2D eigenvalue weighted by Crippen LogP contribution is -2.43. The van der Waals surface area contributed by atoms with E-state index in [-0.39, 0.29) is 0 Å². The quantitative estimate of drug-likeness (QED) is 0.755. The average Bonchev–Trinajstić information content (AvgIpc) is 2.89. The molecule has 0 aromatic rings. The van der Waals surface area contributed by atoms with Gasteiger partial charge in [0.2, 0.25) is 0 Å². The Bertz CT molecular complexity index is 331. The second-order valence-electron chi connectivity index (χ2n) is 5.65. The van der Waals surface area contributed by atoms with Crippen molar-refractivity contribution < 1.29 is 8.42 Å². The van der Waals surface area contributed by atoms with Crippen molar-refractivity contribution in [3.63, 3.8) is 0 Å². The van der Waals surface area contributed by atoms with Crippen molar-refractivity contribution in [2.24, 2.45) is 5.92 Å². The number of nitrogens with zero attached hydrogens (tertiary/aromatic N) is 1. The molecule has 1 saturated heterocycles. The molecule has 4 nitrogen and oxygen atoms in total. The number of nitrogens with one attached hydrogen (secondary N) is 1. The SMILES string of the molecule is O=S(=O)(NCCCC1CCCC1)N1CCCCC1. The highest BCUT2D eigenvalue weighted by atomic mass is 32.2. The van der Waals surface area contributed by atoms with E-state index >= 15 is 0 Å². The van der Waals surface area contributed by atoms with Crippen LogP contribution in [0.25, 0.3) is 0 Å². The van der Waals surface area contributed by atoms with Crippen LogP contribution in [0.5, 0.6) is 0 Å². The van der Waals surface area contributed by atoms with Gasteiger partial charge in [-0.15, -0.1) is 0 Å². The van der Waals surface area contributed by atoms with E-state index in [0.717, 1.165) is 31.6 Å². The fraction of sp³-hybridized carbons (Fsp3) is 1.00. The summed E-state index contributed by atoms with van der Waals surface area (Å²) in [6.07, 6.45) is 10.8. The molecule has 1 aliphatic carbocycles. The molecule has 0 aromatic carbocycles. The van der Waals surface area contributed by atoms with E-state index in [1.165, 1.54) is 32.1 Å². The molecule has 0 amide bonds. The lowest BCUT2D eigenvalue weighted by molar-refractivity contribution is 0.341. The van der Waals surface area contributed by atoms with Gasteiger partial charge in [0.25, 0.3) is 10.2 Å². The van der Waals surface area contributed by atoms with Crippen molar-refractivity contribution in [3.05, 3.63) is 0 Å². The first-order chi connectivity index (χ1) is 8.68.